The van der Waals surface area contributed by atoms with E-state index in [1.807, 2.05) is 0 Å². The summed E-state index contributed by atoms with van der Waals surface area (Å²) in [5.74, 6) is -0.0529. The molecular formula is C5H5BrO3. The van der Waals surface area contributed by atoms with E-state index in [0.717, 1.165) is 5.33 Å². The van der Waals surface area contributed by atoms with Gasteiger partial charge in [-0.05, 0) is 0 Å². The summed E-state index contributed by atoms with van der Waals surface area (Å²) in [5.41, 5.74) is 0. The molecule has 0 N–H and O–H groups in total. The average molecular weight is 193 g/mol. The molecule has 3 nitrogen and oxygen atoms in total. The van der Waals surface area contributed by atoms with Crippen LogP contribution in [0.1, 0.15) is 5.76 Å². The number of hydrogen-bond donors (Lipinski definition) is 0. The van der Waals surface area contributed by atoms with E-state index in [1.165, 1.54) is 6.26 Å². The Balaban J connectivity index is 2.73. The van der Waals surface area contributed by atoms with Gasteiger partial charge in [-0.15, -0.1) is 0 Å². The van der Waals surface area contributed by atoms with Crippen molar-refractivity contribution in [2.75, 3.05) is 5.33 Å². The lowest BCUT2D eigenvalue weighted by atomic mass is 10.4. The van der Waals surface area contributed by atoms with E-state index in [9.17, 15) is 4.79 Å². The summed E-state index contributed by atoms with van der Waals surface area (Å²) in [6.45, 7) is 0. The van der Waals surface area contributed by atoms with Crippen LogP contribution in [0.5, 0.6) is 0 Å². The van der Waals surface area contributed by atoms with Gasteiger partial charge < -0.3 is 8.83 Å². The Hall–Kier alpha value is -0.510. The van der Waals surface area contributed by atoms with Gasteiger partial charge in [0.05, 0.1) is 0 Å². The van der Waals surface area contributed by atoms with Gasteiger partial charge >= 0.3 is 5.82 Å². The molecule has 0 saturated heterocycles. The summed E-state index contributed by atoms with van der Waals surface area (Å²) in [6.07, 6.45) is 2.01. The highest BCUT2D eigenvalue weighted by Crippen LogP contribution is 1.97. The molecule has 0 fully saturated rings. The van der Waals surface area contributed by atoms with Gasteiger partial charge in [-0.3, -0.25) is 0 Å². The van der Waals surface area contributed by atoms with E-state index in [1.54, 1.807) is 0 Å². The molecule has 0 aliphatic carbocycles. The van der Waals surface area contributed by atoms with Gasteiger partial charge in [0.25, 0.3) is 0 Å². The minimum absolute atomic E-state index is 0.580. The number of aryl methyl sites for hydroxylation is 1. The van der Waals surface area contributed by atoms with Gasteiger partial charge in [0, 0.05) is 11.8 Å². The van der Waals surface area contributed by atoms with Crippen molar-refractivity contribution in [1.82, 2.24) is 0 Å². The average Bonchev–Trinajstić information content (AvgIpc) is 2.17. The molecule has 1 aromatic heterocycles. The van der Waals surface area contributed by atoms with Crippen molar-refractivity contribution >= 4 is 15.9 Å². The van der Waals surface area contributed by atoms with Crippen molar-refractivity contribution in [2.24, 2.45) is 0 Å². The SMILES string of the molecule is O=c1occ(CCBr)o1. The zero-order valence-electron chi connectivity index (χ0n) is 4.59. The summed E-state index contributed by atoms with van der Waals surface area (Å²) in [4.78, 5) is 10.2. The lowest BCUT2D eigenvalue weighted by molar-refractivity contribution is 0.375. The van der Waals surface area contributed by atoms with Crippen molar-refractivity contribution in [3.63, 3.8) is 0 Å². The van der Waals surface area contributed by atoms with Crippen LogP contribution in [-0.4, -0.2) is 5.33 Å². The minimum atomic E-state index is -0.633. The van der Waals surface area contributed by atoms with Crippen LogP contribution in [0.25, 0.3) is 0 Å². The first kappa shape index (κ1) is 6.61. The van der Waals surface area contributed by atoms with Crippen LogP contribution >= 0.6 is 15.9 Å². The van der Waals surface area contributed by atoms with Gasteiger partial charge in [-0.25, -0.2) is 4.79 Å². The molecule has 0 amide bonds. The topological polar surface area (TPSA) is 43.4 Å². The third-order valence-electron chi connectivity index (χ3n) is 0.842. The van der Waals surface area contributed by atoms with Gasteiger partial charge in [-0.2, -0.15) is 0 Å². The van der Waals surface area contributed by atoms with Crippen molar-refractivity contribution in [3.05, 3.63) is 22.6 Å². The molecule has 0 aromatic carbocycles. The maximum Gasteiger partial charge on any atom is 0.518 e. The molecular weight excluding hydrogens is 188 g/mol. The smallest absolute Gasteiger partial charge is 0.399 e. The highest BCUT2D eigenvalue weighted by Gasteiger charge is 1.97. The van der Waals surface area contributed by atoms with Crippen LogP contribution < -0.4 is 5.82 Å². The molecule has 9 heavy (non-hydrogen) atoms. The molecule has 1 aromatic rings. The Kier molecular flexibility index (Phi) is 2.10. The second kappa shape index (κ2) is 2.87. The maximum absolute atomic E-state index is 10.2. The Morgan fingerprint density at radius 2 is 2.44 bits per heavy atom. The van der Waals surface area contributed by atoms with Gasteiger partial charge in [0.1, 0.15) is 12.0 Å². The summed E-state index contributed by atoms with van der Waals surface area (Å²) in [7, 11) is 0. The number of hydrogen-bond acceptors (Lipinski definition) is 3. The van der Waals surface area contributed by atoms with E-state index in [2.05, 4.69) is 24.8 Å². The molecule has 50 valence electrons. The molecule has 0 aliphatic heterocycles. The van der Waals surface area contributed by atoms with Crippen molar-refractivity contribution in [3.8, 4) is 0 Å². The fraction of sp³-hybridized carbons (Fsp3) is 0.400. The molecule has 0 saturated carbocycles. The molecule has 0 spiro atoms. The third kappa shape index (κ3) is 1.71. The normalized spacial score (nSPS) is 9.89. The Bertz CT molecular complexity index is 224. The van der Waals surface area contributed by atoms with E-state index >= 15 is 0 Å². The fourth-order valence-electron chi connectivity index (χ4n) is 0.472. The molecule has 1 rings (SSSR count). The van der Waals surface area contributed by atoms with Crippen molar-refractivity contribution in [1.29, 1.82) is 0 Å². The van der Waals surface area contributed by atoms with Crippen molar-refractivity contribution < 1.29 is 8.83 Å². The number of halogens is 1. The Labute approximate surface area is 59.8 Å². The summed E-state index contributed by atoms with van der Waals surface area (Å²) < 4.78 is 8.95. The Morgan fingerprint density at radius 3 is 2.89 bits per heavy atom. The predicted molar refractivity (Wildman–Crippen MR) is 34.7 cm³/mol. The van der Waals surface area contributed by atoms with Crippen LogP contribution in [0.4, 0.5) is 0 Å². The van der Waals surface area contributed by atoms with Crippen LogP contribution in [-0.2, 0) is 6.42 Å². The summed E-state index contributed by atoms with van der Waals surface area (Å²) in [5, 5.41) is 0.773. The summed E-state index contributed by atoms with van der Waals surface area (Å²) >= 11 is 3.19. The highest BCUT2D eigenvalue weighted by molar-refractivity contribution is 9.09. The van der Waals surface area contributed by atoms with Gasteiger partial charge in [0.2, 0.25) is 0 Å². The second-order valence-corrected chi connectivity index (χ2v) is 2.29. The van der Waals surface area contributed by atoms with Gasteiger partial charge in [0.15, 0.2) is 0 Å². The molecule has 4 heteroatoms. The highest BCUT2D eigenvalue weighted by atomic mass is 79.9. The summed E-state index contributed by atoms with van der Waals surface area (Å²) in [6, 6.07) is 0. The molecule has 1 heterocycles. The zero-order valence-corrected chi connectivity index (χ0v) is 6.18. The molecule has 0 atom stereocenters. The van der Waals surface area contributed by atoms with Crippen LogP contribution in [0.3, 0.4) is 0 Å². The fourth-order valence-corrected chi connectivity index (χ4v) is 0.863. The molecule has 0 bridgehead atoms. The predicted octanol–water partition coefficient (Wildman–Crippen LogP) is 1.17. The van der Waals surface area contributed by atoms with E-state index < -0.39 is 5.82 Å². The van der Waals surface area contributed by atoms with Gasteiger partial charge in [-0.1, -0.05) is 15.9 Å². The molecule has 0 aliphatic rings. The second-order valence-electron chi connectivity index (χ2n) is 1.49. The van der Waals surface area contributed by atoms with E-state index in [0.29, 0.717) is 12.2 Å². The standard InChI is InChI=1S/C5H5BrO3/c6-2-1-4-3-8-5(7)9-4/h3H,1-2H2. The quantitative estimate of drug-likeness (QED) is 0.662. The maximum atomic E-state index is 10.2. The minimum Gasteiger partial charge on any atom is -0.399 e. The monoisotopic (exact) mass is 192 g/mol. The number of alkyl halides is 1. The Morgan fingerprint density at radius 1 is 1.67 bits per heavy atom. The van der Waals surface area contributed by atoms with E-state index in [4.69, 9.17) is 0 Å². The first-order valence-corrected chi connectivity index (χ1v) is 3.58. The largest absolute Gasteiger partial charge is 0.518 e. The van der Waals surface area contributed by atoms with E-state index in [-0.39, 0.29) is 0 Å². The zero-order chi connectivity index (χ0) is 6.69. The van der Waals surface area contributed by atoms with Crippen LogP contribution in [0.15, 0.2) is 19.9 Å². The molecule has 0 unspecified atom stereocenters. The lowest BCUT2D eigenvalue weighted by Crippen LogP contribution is -1.87. The first-order valence-electron chi connectivity index (χ1n) is 2.46. The first-order chi connectivity index (χ1) is 4.33. The molecule has 0 radical (unpaired) electrons. The third-order valence-corrected chi connectivity index (χ3v) is 1.24. The van der Waals surface area contributed by atoms with Crippen LogP contribution in [0.2, 0.25) is 0 Å². The lowest BCUT2D eigenvalue weighted by Gasteiger charge is -1.81. The number of rotatable bonds is 2. The van der Waals surface area contributed by atoms with Crippen molar-refractivity contribution in [2.45, 2.75) is 6.42 Å². The van der Waals surface area contributed by atoms with Crippen LogP contribution in [0, 0.1) is 0 Å².